The van der Waals surface area contributed by atoms with E-state index in [1.165, 1.54) is 18.2 Å². The number of allylic oxidation sites excluding steroid dienone is 1. The van der Waals surface area contributed by atoms with Crippen LogP contribution in [0.2, 0.25) is 0 Å². The highest BCUT2D eigenvalue weighted by atomic mass is 16.5. The van der Waals surface area contributed by atoms with Crippen LogP contribution in [0.1, 0.15) is 15.9 Å². The molecule has 0 amide bonds. The molecule has 0 unspecified atom stereocenters. The summed E-state index contributed by atoms with van der Waals surface area (Å²) in [6.07, 6.45) is 4.67. The van der Waals surface area contributed by atoms with E-state index in [9.17, 15) is 15.0 Å². The van der Waals surface area contributed by atoms with Gasteiger partial charge >= 0.3 is 0 Å². The first-order valence-corrected chi connectivity index (χ1v) is 6.68. The van der Waals surface area contributed by atoms with Crippen molar-refractivity contribution in [1.29, 1.82) is 0 Å². The zero-order chi connectivity index (χ0) is 15.9. The summed E-state index contributed by atoms with van der Waals surface area (Å²) in [6.45, 7) is 4.01. The van der Waals surface area contributed by atoms with Gasteiger partial charge in [-0.15, -0.1) is 0 Å². The molecule has 0 fully saturated rings. The third-order valence-electron chi connectivity index (χ3n) is 2.92. The van der Waals surface area contributed by atoms with Crippen LogP contribution in [-0.4, -0.2) is 22.6 Å². The van der Waals surface area contributed by atoms with E-state index in [-0.39, 0.29) is 22.8 Å². The second-order valence-corrected chi connectivity index (χ2v) is 4.57. The number of phenols is 2. The fraction of sp³-hybridized carbons (Fsp3) is 0.0556. The van der Waals surface area contributed by atoms with Crippen LogP contribution < -0.4 is 4.74 Å². The Hall–Kier alpha value is -3.01. The molecule has 2 aromatic rings. The topological polar surface area (TPSA) is 66.8 Å². The normalized spacial score (nSPS) is 10.5. The van der Waals surface area contributed by atoms with E-state index in [1.807, 2.05) is 12.1 Å². The molecule has 0 bridgehead atoms. The average molecular weight is 296 g/mol. The molecule has 4 nitrogen and oxygen atoms in total. The van der Waals surface area contributed by atoms with E-state index >= 15 is 0 Å². The minimum absolute atomic E-state index is 0.0897. The number of benzene rings is 2. The standard InChI is InChI=1S/C18H16O4/c1-2-11-22-15-7-3-13(4-8-15)5-10-17(20)16-9-6-14(19)12-18(16)21/h2-10,12,19,21H,1,11H2/b10-5+. The molecule has 0 saturated carbocycles. The number of carbonyl (C=O) groups excluding carboxylic acids is 1. The van der Waals surface area contributed by atoms with Gasteiger partial charge < -0.3 is 14.9 Å². The quantitative estimate of drug-likeness (QED) is 0.486. The molecule has 0 saturated heterocycles. The fourth-order valence-electron chi connectivity index (χ4n) is 1.82. The van der Waals surface area contributed by atoms with Gasteiger partial charge in [0.2, 0.25) is 0 Å². The average Bonchev–Trinajstić information content (AvgIpc) is 2.51. The van der Waals surface area contributed by atoms with Crippen molar-refractivity contribution in [2.45, 2.75) is 0 Å². The van der Waals surface area contributed by atoms with Gasteiger partial charge in [-0.1, -0.05) is 30.9 Å². The van der Waals surface area contributed by atoms with E-state index in [1.54, 1.807) is 24.3 Å². The van der Waals surface area contributed by atoms with Gasteiger partial charge in [0.1, 0.15) is 23.9 Å². The lowest BCUT2D eigenvalue weighted by Crippen LogP contribution is -1.94. The predicted octanol–water partition coefficient (Wildman–Crippen LogP) is 3.56. The smallest absolute Gasteiger partial charge is 0.189 e. The molecule has 0 spiro atoms. The summed E-state index contributed by atoms with van der Waals surface area (Å²) in [7, 11) is 0. The molecular formula is C18H16O4. The second-order valence-electron chi connectivity index (χ2n) is 4.57. The van der Waals surface area contributed by atoms with Crippen molar-refractivity contribution in [2.24, 2.45) is 0 Å². The maximum Gasteiger partial charge on any atom is 0.189 e. The number of phenolic OH excluding ortho intramolecular Hbond substituents is 2. The van der Waals surface area contributed by atoms with Crippen LogP contribution >= 0.6 is 0 Å². The third kappa shape index (κ3) is 3.99. The number of rotatable bonds is 6. The van der Waals surface area contributed by atoms with Crippen molar-refractivity contribution in [3.8, 4) is 17.2 Å². The molecule has 0 aliphatic rings. The SMILES string of the molecule is C=CCOc1ccc(/C=C/C(=O)c2ccc(O)cc2O)cc1. The van der Waals surface area contributed by atoms with Crippen LogP contribution in [0.5, 0.6) is 17.2 Å². The van der Waals surface area contributed by atoms with Gasteiger partial charge in [0.05, 0.1) is 5.56 Å². The van der Waals surface area contributed by atoms with Crippen LogP contribution in [0.3, 0.4) is 0 Å². The maximum absolute atomic E-state index is 12.0. The van der Waals surface area contributed by atoms with Crippen molar-refractivity contribution in [1.82, 2.24) is 0 Å². The highest BCUT2D eigenvalue weighted by Crippen LogP contribution is 2.23. The Labute approximate surface area is 128 Å². The summed E-state index contributed by atoms with van der Waals surface area (Å²) in [5.74, 6) is 0.0417. The first-order valence-electron chi connectivity index (χ1n) is 6.68. The summed E-state index contributed by atoms with van der Waals surface area (Å²) >= 11 is 0. The first kappa shape index (κ1) is 15.4. The Balaban J connectivity index is 2.07. The number of carbonyl (C=O) groups is 1. The van der Waals surface area contributed by atoms with Crippen LogP contribution in [0.15, 0.2) is 61.2 Å². The summed E-state index contributed by atoms with van der Waals surface area (Å²) < 4.78 is 5.37. The van der Waals surface area contributed by atoms with Gasteiger partial charge in [-0.2, -0.15) is 0 Å². The van der Waals surface area contributed by atoms with Gasteiger partial charge in [-0.05, 0) is 35.9 Å². The number of ether oxygens (including phenoxy) is 1. The third-order valence-corrected chi connectivity index (χ3v) is 2.92. The largest absolute Gasteiger partial charge is 0.508 e. The number of hydrogen-bond donors (Lipinski definition) is 2. The molecule has 2 rings (SSSR count). The van der Waals surface area contributed by atoms with Gasteiger partial charge in [-0.25, -0.2) is 0 Å². The highest BCUT2D eigenvalue weighted by molar-refractivity contribution is 6.08. The Bertz CT molecular complexity index is 700. The van der Waals surface area contributed by atoms with Crippen molar-refractivity contribution in [3.05, 3.63) is 72.3 Å². The van der Waals surface area contributed by atoms with Gasteiger partial charge in [0.15, 0.2) is 5.78 Å². The minimum Gasteiger partial charge on any atom is -0.508 e. The van der Waals surface area contributed by atoms with Crippen LogP contribution in [-0.2, 0) is 0 Å². The number of aromatic hydroxyl groups is 2. The Kier molecular flexibility index (Phi) is 4.98. The molecule has 0 atom stereocenters. The lowest BCUT2D eigenvalue weighted by atomic mass is 10.1. The maximum atomic E-state index is 12.0. The van der Waals surface area contributed by atoms with Gasteiger partial charge in [0.25, 0.3) is 0 Å². The van der Waals surface area contributed by atoms with Crippen LogP contribution in [0.4, 0.5) is 0 Å². The number of ketones is 1. The molecule has 0 aromatic heterocycles. The van der Waals surface area contributed by atoms with Crippen LogP contribution in [0.25, 0.3) is 6.08 Å². The first-order chi connectivity index (χ1) is 10.6. The molecule has 22 heavy (non-hydrogen) atoms. The zero-order valence-electron chi connectivity index (χ0n) is 11.9. The predicted molar refractivity (Wildman–Crippen MR) is 85.3 cm³/mol. The van der Waals surface area contributed by atoms with E-state index in [0.29, 0.717) is 6.61 Å². The molecule has 112 valence electrons. The van der Waals surface area contributed by atoms with E-state index < -0.39 is 0 Å². The second kappa shape index (κ2) is 7.13. The molecule has 0 aliphatic heterocycles. The summed E-state index contributed by atoms with van der Waals surface area (Å²) in [5, 5.41) is 18.8. The summed E-state index contributed by atoms with van der Waals surface area (Å²) in [4.78, 5) is 12.0. The monoisotopic (exact) mass is 296 g/mol. The van der Waals surface area contributed by atoms with E-state index in [2.05, 4.69) is 6.58 Å². The van der Waals surface area contributed by atoms with E-state index in [0.717, 1.165) is 17.4 Å². The summed E-state index contributed by atoms with van der Waals surface area (Å²) in [5.41, 5.74) is 0.970. The van der Waals surface area contributed by atoms with Crippen molar-refractivity contribution < 1.29 is 19.7 Å². The molecular weight excluding hydrogens is 280 g/mol. The molecule has 2 aromatic carbocycles. The Morgan fingerprint density at radius 3 is 2.50 bits per heavy atom. The van der Waals surface area contributed by atoms with Gasteiger partial charge in [0, 0.05) is 6.07 Å². The van der Waals surface area contributed by atoms with Crippen molar-refractivity contribution in [2.75, 3.05) is 6.61 Å². The molecule has 0 aliphatic carbocycles. The van der Waals surface area contributed by atoms with Gasteiger partial charge in [-0.3, -0.25) is 4.79 Å². The highest BCUT2D eigenvalue weighted by Gasteiger charge is 2.08. The summed E-state index contributed by atoms with van der Waals surface area (Å²) in [6, 6.07) is 11.1. The number of hydrogen-bond acceptors (Lipinski definition) is 4. The molecule has 4 heteroatoms. The van der Waals surface area contributed by atoms with Crippen LogP contribution in [0, 0.1) is 0 Å². The molecule has 2 N–H and O–H groups in total. The van der Waals surface area contributed by atoms with Crippen molar-refractivity contribution >= 4 is 11.9 Å². The lowest BCUT2D eigenvalue weighted by Gasteiger charge is -2.03. The molecule has 0 heterocycles. The molecule has 0 radical (unpaired) electrons. The van der Waals surface area contributed by atoms with E-state index in [4.69, 9.17) is 4.74 Å². The Morgan fingerprint density at radius 2 is 1.86 bits per heavy atom. The van der Waals surface area contributed by atoms with Crippen molar-refractivity contribution in [3.63, 3.8) is 0 Å². The minimum atomic E-state index is -0.343. The lowest BCUT2D eigenvalue weighted by molar-refractivity contribution is 0.104. The fourth-order valence-corrected chi connectivity index (χ4v) is 1.82. The zero-order valence-corrected chi connectivity index (χ0v) is 11.9. The Morgan fingerprint density at radius 1 is 1.14 bits per heavy atom.